The van der Waals surface area contributed by atoms with E-state index in [9.17, 15) is 5.11 Å². The van der Waals surface area contributed by atoms with Gasteiger partial charge in [-0.25, -0.2) is 4.98 Å². The van der Waals surface area contributed by atoms with Crippen molar-refractivity contribution in [3.8, 4) is 11.5 Å². The van der Waals surface area contributed by atoms with Crippen LogP contribution in [0, 0.1) is 6.92 Å². The number of ether oxygens (including phenoxy) is 1. The first-order valence-electron chi connectivity index (χ1n) is 10.9. The summed E-state index contributed by atoms with van der Waals surface area (Å²) in [6.07, 6.45) is 4.60. The number of piperidine rings is 1. The summed E-state index contributed by atoms with van der Waals surface area (Å²) in [5.74, 6) is 1.71. The molecule has 0 saturated carbocycles. The molecule has 1 aliphatic heterocycles. The van der Waals surface area contributed by atoms with Crippen LogP contribution in [0.3, 0.4) is 0 Å². The highest BCUT2D eigenvalue weighted by molar-refractivity contribution is 5.50. The van der Waals surface area contributed by atoms with Crippen LogP contribution in [0.4, 0.5) is 5.82 Å². The van der Waals surface area contributed by atoms with Crippen LogP contribution in [0.1, 0.15) is 48.2 Å². The minimum Gasteiger partial charge on any atom is -0.504 e. The lowest BCUT2D eigenvalue weighted by molar-refractivity contribution is 0.198. The molecule has 1 saturated heterocycles. The lowest BCUT2D eigenvalue weighted by Gasteiger charge is -2.32. The average molecular weight is 422 g/mol. The maximum atomic E-state index is 10.5. The van der Waals surface area contributed by atoms with Crippen molar-refractivity contribution in [3.05, 3.63) is 59.4 Å². The quantitative estimate of drug-likeness (QED) is 0.564. The topological polar surface area (TPSA) is 88.9 Å². The standard InChI is InChI=1S/C24H31N5O2/c1-4-7-18-11-17(12-21(24(18)30)31-5-2)14-28-9-6-8-19(15-28)20-13-22(25)29-23(26-20)10-16(3)27-29/h4,10-13,19,30H,1,5-9,14-15,25H2,2-3H3/t19-/m1/s1. The summed E-state index contributed by atoms with van der Waals surface area (Å²) in [7, 11) is 0. The number of anilines is 1. The summed E-state index contributed by atoms with van der Waals surface area (Å²) in [4.78, 5) is 7.28. The van der Waals surface area contributed by atoms with E-state index in [4.69, 9.17) is 15.5 Å². The van der Waals surface area contributed by atoms with Crippen LogP contribution in [0.15, 0.2) is 36.9 Å². The van der Waals surface area contributed by atoms with Gasteiger partial charge in [-0.3, -0.25) is 4.90 Å². The van der Waals surface area contributed by atoms with Crippen LogP contribution < -0.4 is 10.5 Å². The van der Waals surface area contributed by atoms with Crippen molar-refractivity contribution in [1.29, 1.82) is 0 Å². The monoisotopic (exact) mass is 421 g/mol. The van der Waals surface area contributed by atoms with Gasteiger partial charge < -0.3 is 15.6 Å². The van der Waals surface area contributed by atoms with Crippen molar-refractivity contribution in [2.45, 2.75) is 45.6 Å². The number of phenols is 1. The second-order valence-corrected chi connectivity index (χ2v) is 8.26. The molecule has 164 valence electrons. The number of hydrogen-bond acceptors (Lipinski definition) is 6. The average Bonchev–Trinajstić information content (AvgIpc) is 3.13. The lowest BCUT2D eigenvalue weighted by Crippen LogP contribution is -2.34. The molecule has 3 aromatic rings. The number of aromatic hydroxyl groups is 1. The predicted octanol–water partition coefficient (Wildman–Crippen LogP) is 3.83. The van der Waals surface area contributed by atoms with Crippen LogP contribution in [0.25, 0.3) is 5.65 Å². The highest BCUT2D eigenvalue weighted by atomic mass is 16.5. The molecule has 1 aromatic carbocycles. The number of benzene rings is 1. The van der Waals surface area contributed by atoms with E-state index in [0.29, 0.717) is 30.5 Å². The van der Waals surface area contributed by atoms with Crippen LogP contribution in [0.2, 0.25) is 0 Å². The van der Waals surface area contributed by atoms with Crippen LogP contribution in [-0.2, 0) is 13.0 Å². The van der Waals surface area contributed by atoms with E-state index in [1.165, 1.54) is 0 Å². The maximum Gasteiger partial charge on any atom is 0.161 e. The first-order chi connectivity index (χ1) is 15.0. The van der Waals surface area contributed by atoms with Crippen molar-refractivity contribution in [3.63, 3.8) is 0 Å². The summed E-state index contributed by atoms with van der Waals surface area (Å²) in [6.45, 7) is 10.9. The molecule has 0 unspecified atom stereocenters. The van der Waals surface area contributed by atoms with Gasteiger partial charge in [0.15, 0.2) is 17.1 Å². The van der Waals surface area contributed by atoms with Crippen LogP contribution >= 0.6 is 0 Å². The highest BCUT2D eigenvalue weighted by Gasteiger charge is 2.24. The lowest BCUT2D eigenvalue weighted by atomic mass is 9.94. The summed E-state index contributed by atoms with van der Waals surface area (Å²) in [6, 6.07) is 7.93. The minimum absolute atomic E-state index is 0.214. The molecule has 0 aliphatic carbocycles. The number of nitrogens with zero attached hydrogens (tertiary/aromatic N) is 4. The fourth-order valence-corrected chi connectivity index (χ4v) is 4.44. The Bertz CT molecular complexity index is 1090. The number of allylic oxidation sites excluding steroid dienone is 1. The molecule has 1 aliphatic rings. The molecule has 1 atom stereocenters. The van der Waals surface area contributed by atoms with Gasteiger partial charge in [-0.15, -0.1) is 6.58 Å². The van der Waals surface area contributed by atoms with Gasteiger partial charge in [0.05, 0.1) is 18.0 Å². The van der Waals surface area contributed by atoms with Gasteiger partial charge in [-0.05, 0) is 51.3 Å². The Morgan fingerprint density at radius 1 is 1.32 bits per heavy atom. The molecule has 7 heteroatoms. The van der Waals surface area contributed by atoms with E-state index in [1.807, 2.05) is 32.0 Å². The van der Waals surface area contributed by atoms with E-state index >= 15 is 0 Å². The van der Waals surface area contributed by atoms with Gasteiger partial charge in [-0.2, -0.15) is 9.61 Å². The Morgan fingerprint density at radius 2 is 2.16 bits per heavy atom. The van der Waals surface area contributed by atoms with E-state index in [2.05, 4.69) is 22.6 Å². The summed E-state index contributed by atoms with van der Waals surface area (Å²) >= 11 is 0. The zero-order valence-corrected chi connectivity index (χ0v) is 18.3. The van der Waals surface area contributed by atoms with Crippen molar-refractivity contribution >= 4 is 11.5 Å². The third-order valence-corrected chi connectivity index (χ3v) is 5.80. The first-order valence-corrected chi connectivity index (χ1v) is 10.9. The summed E-state index contributed by atoms with van der Waals surface area (Å²) in [5.41, 5.74) is 11.0. The van der Waals surface area contributed by atoms with E-state index in [-0.39, 0.29) is 5.75 Å². The number of likely N-dealkylation sites (tertiary alicyclic amines) is 1. The largest absolute Gasteiger partial charge is 0.504 e. The van der Waals surface area contributed by atoms with E-state index in [1.54, 1.807) is 10.6 Å². The molecular weight excluding hydrogens is 390 g/mol. The molecule has 0 radical (unpaired) electrons. The molecule has 0 bridgehead atoms. The molecule has 1 fully saturated rings. The minimum atomic E-state index is 0.214. The Labute approximate surface area is 183 Å². The Hall–Kier alpha value is -3.06. The van der Waals surface area contributed by atoms with E-state index in [0.717, 1.165) is 60.6 Å². The Morgan fingerprint density at radius 3 is 2.94 bits per heavy atom. The second-order valence-electron chi connectivity index (χ2n) is 8.26. The van der Waals surface area contributed by atoms with Crippen LogP contribution in [0.5, 0.6) is 11.5 Å². The van der Waals surface area contributed by atoms with E-state index < -0.39 is 0 Å². The zero-order chi connectivity index (χ0) is 22.0. The van der Waals surface area contributed by atoms with Crippen molar-refractivity contribution in [2.75, 3.05) is 25.4 Å². The molecule has 31 heavy (non-hydrogen) atoms. The number of hydrogen-bond donors (Lipinski definition) is 2. The van der Waals surface area contributed by atoms with Crippen molar-refractivity contribution in [2.24, 2.45) is 0 Å². The predicted molar refractivity (Wildman–Crippen MR) is 123 cm³/mol. The Balaban J connectivity index is 1.55. The smallest absolute Gasteiger partial charge is 0.161 e. The highest BCUT2D eigenvalue weighted by Crippen LogP contribution is 2.34. The van der Waals surface area contributed by atoms with Gasteiger partial charge in [0.2, 0.25) is 0 Å². The number of fused-ring (bicyclic) bond motifs is 1. The van der Waals surface area contributed by atoms with Gasteiger partial charge in [0.25, 0.3) is 0 Å². The number of nitrogen functional groups attached to an aromatic ring is 1. The fraction of sp³-hybridized carbons (Fsp3) is 0.417. The molecule has 3 N–H and O–H groups in total. The zero-order valence-electron chi connectivity index (χ0n) is 18.3. The number of rotatable bonds is 7. The van der Waals surface area contributed by atoms with Crippen molar-refractivity contribution in [1.82, 2.24) is 19.5 Å². The SMILES string of the molecule is C=CCc1cc(CN2CCC[C@@H](c3cc(N)n4nc(C)cc4n3)C2)cc(OCC)c1O. The normalized spacial score (nSPS) is 17.2. The van der Waals surface area contributed by atoms with Crippen LogP contribution in [-0.4, -0.2) is 44.3 Å². The van der Waals surface area contributed by atoms with Crippen molar-refractivity contribution < 1.29 is 9.84 Å². The number of nitrogens with two attached hydrogens (primary N) is 1. The number of aryl methyl sites for hydroxylation is 1. The third kappa shape index (κ3) is 4.51. The Kier molecular flexibility index (Phi) is 6.13. The molecule has 0 amide bonds. The molecule has 3 heterocycles. The molecule has 7 nitrogen and oxygen atoms in total. The fourth-order valence-electron chi connectivity index (χ4n) is 4.44. The third-order valence-electron chi connectivity index (χ3n) is 5.80. The molecule has 2 aromatic heterocycles. The first kappa shape index (κ1) is 21.2. The molecule has 0 spiro atoms. The van der Waals surface area contributed by atoms with Gasteiger partial charge in [-0.1, -0.05) is 12.1 Å². The van der Waals surface area contributed by atoms with Gasteiger partial charge >= 0.3 is 0 Å². The molecular formula is C24H31N5O2. The molecule has 4 rings (SSSR count). The second kappa shape index (κ2) is 8.98. The number of aromatic nitrogens is 3. The summed E-state index contributed by atoms with van der Waals surface area (Å²) < 4.78 is 7.37. The maximum absolute atomic E-state index is 10.5. The number of phenolic OH excluding ortho intramolecular Hbond substituents is 1. The summed E-state index contributed by atoms with van der Waals surface area (Å²) in [5, 5.41) is 14.9. The van der Waals surface area contributed by atoms with Gasteiger partial charge in [0, 0.05) is 36.7 Å². The van der Waals surface area contributed by atoms with Gasteiger partial charge in [0.1, 0.15) is 5.82 Å².